The number of rotatable bonds is 7. The average molecular weight is 358 g/mol. The van der Waals surface area contributed by atoms with Crippen molar-refractivity contribution in [3.05, 3.63) is 29.8 Å². The van der Waals surface area contributed by atoms with Crippen LogP contribution in [-0.2, 0) is 19.8 Å². The Bertz CT molecular complexity index is 707. The number of amides is 3. The Hall–Kier alpha value is -2.37. The molecule has 0 aromatic heterocycles. The topological polar surface area (TPSA) is 66.9 Å². The molecule has 3 amide bonds. The maximum absolute atomic E-state index is 13.3. The molecular weight excluding hydrogens is 332 g/mol. The molecule has 0 N–H and O–H groups in total. The Morgan fingerprint density at radius 2 is 1.81 bits per heavy atom. The van der Waals surface area contributed by atoms with Gasteiger partial charge in [-0.15, -0.1) is 0 Å². The van der Waals surface area contributed by atoms with E-state index in [2.05, 4.69) is 0 Å². The molecule has 1 atom stereocenters. The van der Waals surface area contributed by atoms with Gasteiger partial charge in [-0.05, 0) is 44.4 Å². The Labute approximate surface area is 154 Å². The number of benzene rings is 1. The first-order valence-electron chi connectivity index (χ1n) is 9.25. The van der Waals surface area contributed by atoms with Crippen LogP contribution in [0.15, 0.2) is 24.3 Å². The van der Waals surface area contributed by atoms with Crippen LogP contribution >= 0.6 is 0 Å². The van der Waals surface area contributed by atoms with E-state index in [1.807, 2.05) is 13.8 Å². The summed E-state index contributed by atoms with van der Waals surface area (Å²) in [5.41, 5.74) is -0.397. The minimum atomic E-state index is -1.11. The molecule has 2 fully saturated rings. The van der Waals surface area contributed by atoms with Crippen LogP contribution in [0.4, 0.5) is 0 Å². The molecule has 0 bridgehead atoms. The van der Waals surface area contributed by atoms with Crippen molar-refractivity contribution in [2.75, 3.05) is 20.2 Å². The van der Waals surface area contributed by atoms with Gasteiger partial charge in [-0.3, -0.25) is 19.3 Å². The van der Waals surface area contributed by atoms with E-state index in [0.29, 0.717) is 24.4 Å². The largest absolute Gasteiger partial charge is 0.497 e. The maximum atomic E-state index is 13.3. The van der Waals surface area contributed by atoms with Gasteiger partial charge < -0.3 is 9.64 Å². The number of hydrogen-bond acceptors (Lipinski definition) is 4. The quantitative estimate of drug-likeness (QED) is 0.700. The molecule has 3 rings (SSSR count). The highest BCUT2D eigenvalue weighted by molar-refractivity contribution is 6.11. The number of hydrogen-bond donors (Lipinski definition) is 0. The smallest absolute Gasteiger partial charge is 0.241 e. The fourth-order valence-corrected chi connectivity index (χ4v) is 3.79. The lowest BCUT2D eigenvalue weighted by Gasteiger charge is -2.30. The number of carbonyl (C=O) groups excluding carboxylic acids is 3. The summed E-state index contributed by atoms with van der Waals surface area (Å²) in [5.74, 6) is 0.191. The molecule has 2 aliphatic rings. The first-order valence-corrected chi connectivity index (χ1v) is 9.25. The van der Waals surface area contributed by atoms with Crippen LogP contribution in [0.5, 0.6) is 5.75 Å². The van der Waals surface area contributed by atoms with Gasteiger partial charge in [-0.1, -0.05) is 12.1 Å². The van der Waals surface area contributed by atoms with Crippen molar-refractivity contribution >= 4 is 17.7 Å². The van der Waals surface area contributed by atoms with Gasteiger partial charge in [0, 0.05) is 32.0 Å². The summed E-state index contributed by atoms with van der Waals surface area (Å²) in [7, 11) is 1.58. The molecule has 1 aromatic carbocycles. The van der Waals surface area contributed by atoms with Crippen molar-refractivity contribution in [1.82, 2.24) is 9.80 Å². The first-order chi connectivity index (χ1) is 12.5. The van der Waals surface area contributed by atoms with Crippen molar-refractivity contribution in [2.45, 2.75) is 51.0 Å². The van der Waals surface area contributed by atoms with Crippen LogP contribution in [-0.4, -0.2) is 53.8 Å². The van der Waals surface area contributed by atoms with E-state index < -0.39 is 5.41 Å². The zero-order chi connectivity index (χ0) is 18.9. The van der Waals surface area contributed by atoms with Crippen molar-refractivity contribution in [1.29, 1.82) is 0 Å². The molecule has 6 nitrogen and oxygen atoms in total. The zero-order valence-corrected chi connectivity index (χ0v) is 15.7. The average Bonchev–Trinajstić information content (AvgIpc) is 3.43. The Morgan fingerprint density at radius 1 is 1.19 bits per heavy atom. The summed E-state index contributed by atoms with van der Waals surface area (Å²) >= 11 is 0. The van der Waals surface area contributed by atoms with E-state index in [9.17, 15) is 14.4 Å². The summed E-state index contributed by atoms with van der Waals surface area (Å²) in [4.78, 5) is 41.9. The second kappa shape index (κ2) is 7.09. The third kappa shape index (κ3) is 3.08. The molecule has 1 aromatic rings. The molecule has 1 aliphatic carbocycles. The number of carbonyl (C=O) groups is 3. The SMILES string of the molecule is CCN(CC)C(=O)CC1(c2ccc(OC)cc2)CC(=O)N(C2CC2)C1=O. The molecule has 140 valence electrons. The third-order valence-corrected chi connectivity index (χ3v) is 5.47. The summed E-state index contributed by atoms with van der Waals surface area (Å²) in [6, 6.07) is 7.16. The van der Waals surface area contributed by atoms with Crippen LogP contribution in [0.1, 0.15) is 45.1 Å². The maximum Gasteiger partial charge on any atom is 0.241 e. The molecule has 1 heterocycles. The summed E-state index contributed by atoms with van der Waals surface area (Å²) in [6.45, 7) is 5.00. The molecule has 0 spiro atoms. The monoisotopic (exact) mass is 358 g/mol. The van der Waals surface area contributed by atoms with E-state index >= 15 is 0 Å². The Morgan fingerprint density at radius 3 is 2.31 bits per heavy atom. The van der Waals surface area contributed by atoms with Crippen LogP contribution < -0.4 is 4.74 Å². The van der Waals surface area contributed by atoms with E-state index in [0.717, 1.165) is 12.8 Å². The fraction of sp³-hybridized carbons (Fsp3) is 0.550. The lowest BCUT2D eigenvalue weighted by Crippen LogP contribution is -2.44. The minimum Gasteiger partial charge on any atom is -0.497 e. The summed E-state index contributed by atoms with van der Waals surface area (Å²) in [6.07, 6.45) is 1.80. The highest BCUT2D eigenvalue weighted by atomic mass is 16.5. The second-order valence-electron chi connectivity index (χ2n) is 7.03. The van der Waals surface area contributed by atoms with Gasteiger partial charge in [0.05, 0.1) is 12.5 Å². The predicted octanol–water partition coefficient (Wildman–Crippen LogP) is 2.11. The van der Waals surface area contributed by atoms with Gasteiger partial charge in [0.25, 0.3) is 0 Å². The van der Waals surface area contributed by atoms with Crippen LogP contribution in [0.2, 0.25) is 0 Å². The number of imide groups is 1. The highest BCUT2D eigenvalue weighted by Crippen LogP contribution is 2.44. The van der Waals surface area contributed by atoms with Crippen LogP contribution in [0.25, 0.3) is 0 Å². The molecule has 1 aliphatic heterocycles. The van der Waals surface area contributed by atoms with Gasteiger partial charge in [0.2, 0.25) is 17.7 Å². The van der Waals surface area contributed by atoms with Crippen LogP contribution in [0.3, 0.4) is 0 Å². The van der Waals surface area contributed by atoms with Crippen molar-refractivity contribution in [3.63, 3.8) is 0 Å². The van der Waals surface area contributed by atoms with Gasteiger partial charge >= 0.3 is 0 Å². The molecule has 26 heavy (non-hydrogen) atoms. The first kappa shape index (κ1) is 18.4. The molecule has 0 radical (unpaired) electrons. The van der Waals surface area contributed by atoms with E-state index in [1.54, 1.807) is 36.3 Å². The van der Waals surface area contributed by atoms with Gasteiger partial charge in [-0.2, -0.15) is 0 Å². The normalized spacial score (nSPS) is 22.7. The standard InChI is InChI=1S/C20H26N2O4/c1-4-21(5-2)17(23)12-20(14-6-10-16(26-3)11-7-14)13-18(24)22(19(20)25)15-8-9-15/h6-7,10-11,15H,4-5,8-9,12-13H2,1-3H3. The fourth-order valence-electron chi connectivity index (χ4n) is 3.79. The molecule has 6 heteroatoms. The Balaban J connectivity index is 1.99. The molecule has 1 unspecified atom stereocenters. The molecule has 1 saturated carbocycles. The van der Waals surface area contributed by atoms with Crippen molar-refractivity contribution in [2.24, 2.45) is 0 Å². The van der Waals surface area contributed by atoms with Gasteiger partial charge in [-0.25, -0.2) is 0 Å². The zero-order valence-electron chi connectivity index (χ0n) is 15.7. The number of likely N-dealkylation sites (tertiary alicyclic amines) is 1. The van der Waals surface area contributed by atoms with E-state index in [-0.39, 0.29) is 36.6 Å². The van der Waals surface area contributed by atoms with Crippen molar-refractivity contribution in [3.8, 4) is 5.75 Å². The number of methoxy groups -OCH3 is 1. The number of nitrogens with zero attached hydrogens (tertiary/aromatic N) is 2. The lowest BCUT2D eigenvalue weighted by molar-refractivity contribution is -0.143. The number of ether oxygens (including phenoxy) is 1. The molecular formula is C20H26N2O4. The minimum absolute atomic E-state index is 0.0127. The highest BCUT2D eigenvalue weighted by Gasteiger charge is 2.57. The molecule has 1 saturated heterocycles. The van der Waals surface area contributed by atoms with E-state index in [1.165, 1.54) is 4.90 Å². The predicted molar refractivity (Wildman–Crippen MR) is 96.7 cm³/mol. The van der Waals surface area contributed by atoms with E-state index in [4.69, 9.17) is 4.74 Å². The van der Waals surface area contributed by atoms with Crippen molar-refractivity contribution < 1.29 is 19.1 Å². The Kier molecular flexibility index (Phi) is 5.03. The summed E-state index contributed by atoms with van der Waals surface area (Å²) in [5, 5.41) is 0. The lowest BCUT2D eigenvalue weighted by atomic mass is 9.75. The van der Waals surface area contributed by atoms with Crippen LogP contribution in [0, 0.1) is 0 Å². The van der Waals surface area contributed by atoms with Gasteiger partial charge in [0.1, 0.15) is 5.75 Å². The second-order valence-corrected chi connectivity index (χ2v) is 7.03. The van der Waals surface area contributed by atoms with Gasteiger partial charge in [0.15, 0.2) is 0 Å². The third-order valence-electron chi connectivity index (χ3n) is 5.47. The summed E-state index contributed by atoms with van der Waals surface area (Å²) < 4.78 is 5.20.